The lowest BCUT2D eigenvalue weighted by atomic mass is 10.2. The van der Waals surface area contributed by atoms with Gasteiger partial charge in [0.15, 0.2) is 0 Å². The Morgan fingerprint density at radius 1 is 1.75 bits per heavy atom. The first-order valence-corrected chi connectivity index (χ1v) is 6.18. The average Bonchev–Trinajstić information content (AvgIpc) is 2.14. The lowest BCUT2D eigenvalue weighted by Crippen LogP contribution is -2.07. The van der Waals surface area contributed by atoms with Crippen LogP contribution in [-0.2, 0) is 0 Å². The molecule has 3 heteroatoms. The van der Waals surface area contributed by atoms with Crippen LogP contribution in [0.15, 0.2) is 0 Å². The molecule has 1 fully saturated rings. The zero-order valence-corrected chi connectivity index (χ0v) is 7.91. The Morgan fingerprint density at radius 3 is 2.75 bits per heavy atom. The summed E-state index contributed by atoms with van der Waals surface area (Å²) in [4.78, 5) is 0. The van der Waals surface area contributed by atoms with Gasteiger partial charge in [0.1, 0.15) is 0 Å². The van der Waals surface area contributed by atoms with Crippen molar-refractivity contribution in [1.29, 1.82) is 0 Å². The van der Waals surface area contributed by atoms with Crippen LogP contribution in [0.2, 0.25) is 0 Å². The summed E-state index contributed by atoms with van der Waals surface area (Å²) in [5.74, 6) is 0.928. The summed E-state index contributed by atoms with van der Waals surface area (Å²) in [6.45, 7) is 4.88. The Labute approximate surface area is 66.9 Å². The van der Waals surface area contributed by atoms with E-state index < -0.39 is 0 Å². The molecule has 0 aromatic heterocycles. The Hall–Kier alpha value is 1.04. The van der Waals surface area contributed by atoms with Gasteiger partial charge in [-0.05, 0) is 21.5 Å². The first-order valence-electron chi connectivity index (χ1n) is 2.86. The van der Waals surface area contributed by atoms with Crippen molar-refractivity contribution in [3.63, 3.8) is 0 Å². The number of nitrogens with zero attached hydrogens (tertiary/aromatic N) is 1. The molecule has 0 aromatic rings. The molecule has 1 heterocycles. The summed E-state index contributed by atoms with van der Waals surface area (Å²) in [6.07, 6.45) is 1.38. The molecule has 1 aliphatic rings. The van der Waals surface area contributed by atoms with Gasteiger partial charge < -0.3 is 0 Å². The van der Waals surface area contributed by atoms with E-state index in [-0.39, 0.29) is 0 Å². The Bertz CT molecular complexity index is 78.8. The van der Waals surface area contributed by atoms with Crippen LogP contribution in [0.3, 0.4) is 0 Å². The molecule has 1 unspecified atom stereocenters. The van der Waals surface area contributed by atoms with Crippen molar-refractivity contribution in [2.24, 2.45) is 5.92 Å². The van der Waals surface area contributed by atoms with Crippen LogP contribution in [0, 0.1) is 5.92 Å². The van der Waals surface area contributed by atoms with Gasteiger partial charge in [-0.3, -0.25) is 0 Å². The highest BCUT2D eigenvalue weighted by molar-refractivity contribution is 14.2. The normalized spacial score (nSPS) is 31.5. The van der Waals surface area contributed by atoms with E-state index in [1.54, 1.807) is 0 Å². The summed E-state index contributed by atoms with van der Waals surface area (Å²) < 4.78 is 2.41. The molecule has 0 aromatic carbocycles. The van der Waals surface area contributed by atoms with Crippen molar-refractivity contribution >= 4 is 30.3 Å². The van der Waals surface area contributed by atoms with E-state index >= 15 is 0 Å². The van der Waals surface area contributed by atoms with Gasteiger partial charge in [0, 0.05) is 34.3 Å². The lowest BCUT2D eigenvalue weighted by molar-refractivity contribution is 0.555. The third-order valence-corrected chi connectivity index (χ3v) is 3.68. The molecule has 1 saturated heterocycles. The van der Waals surface area contributed by atoms with Crippen LogP contribution < -0.4 is 0 Å². The summed E-state index contributed by atoms with van der Waals surface area (Å²) in [5.41, 5.74) is 0. The van der Waals surface area contributed by atoms with Crippen LogP contribution in [0.4, 0.5) is 0 Å². The van der Waals surface area contributed by atoms with Crippen molar-refractivity contribution in [2.75, 3.05) is 13.1 Å². The van der Waals surface area contributed by atoms with Crippen LogP contribution >= 0.6 is 30.3 Å². The second kappa shape index (κ2) is 3.27. The molecule has 0 radical (unpaired) electrons. The van der Waals surface area contributed by atoms with Crippen molar-refractivity contribution < 1.29 is 0 Å². The van der Waals surface area contributed by atoms with Gasteiger partial charge in [-0.1, -0.05) is 6.92 Å². The molecule has 0 spiro atoms. The maximum atomic E-state index is 2.41. The van der Waals surface area contributed by atoms with Crippen LogP contribution in [0.25, 0.3) is 0 Å². The van der Waals surface area contributed by atoms with E-state index in [1.165, 1.54) is 19.5 Å². The fourth-order valence-corrected chi connectivity index (χ4v) is 2.52. The lowest BCUT2D eigenvalue weighted by Gasteiger charge is -2.06. The molecule has 1 rings (SSSR count). The van der Waals surface area contributed by atoms with Crippen molar-refractivity contribution in [1.82, 2.24) is 4.31 Å². The highest BCUT2D eigenvalue weighted by Gasteiger charge is 2.17. The molecule has 0 bridgehead atoms. The van der Waals surface area contributed by atoms with Crippen molar-refractivity contribution in [3.05, 3.63) is 0 Å². The highest BCUT2D eigenvalue weighted by Crippen LogP contribution is 2.26. The first-order chi connectivity index (χ1) is 3.83. The predicted molar refractivity (Wildman–Crippen MR) is 47.0 cm³/mol. The number of rotatable bonds is 1. The average molecular weight is 243 g/mol. The molecular weight excluding hydrogens is 233 g/mol. The quantitative estimate of drug-likeness (QED) is 0.513. The Balaban J connectivity index is 2.22. The summed E-state index contributed by atoms with van der Waals surface area (Å²) in [7, 11) is 1.84. The highest BCUT2D eigenvalue weighted by atomic mass is 127. The SMILES string of the molecule is CC1CCN(SI)C1. The standard InChI is InChI=1S/C5H10INS/c1-5-2-3-7(4-5)8-6/h5H,2-4H2,1H3. The van der Waals surface area contributed by atoms with Crippen LogP contribution in [-0.4, -0.2) is 17.4 Å². The van der Waals surface area contributed by atoms with Gasteiger partial charge in [0.2, 0.25) is 0 Å². The second-order valence-electron chi connectivity index (χ2n) is 2.35. The zero-order valence-electron chi connectivity index (χ0n) is 4.93. The third-order valence-electron chi connectivity index (χ3n) is 1.48. The molecule has 1 aliphatic heterocycles. The molecule has 0 saturated carbocycles. The van der Waals surface area contributed by atoms with E-state index in [4.69, 9.17) is 0 Å². The van der Waals surface area contributed by atoms with Gasteiger partial charge in [0.25, 0.3) is 0 Å². The molecular formula is C5H10INS. The Kier molecular flexibility index (Phi) is 2.92. The van der Waals surface area contributed by atoms with Gasteiger partial charge >= 0.3 is 0 Å². The number of halogens is 1. The van der Waals surface area contributed by atoms with E-state index in [0.29, 0.717) is 0 Å². The van der Waals surface area contributed by atoms with Crippen LogP contribution in [0.1, 0.15) is 13.3 Å². The fourth-order valence-electron chi connectivity index (χ4n) is 0.957. The van der Waals surface area contributed by atoms with Gasteiger partial charge in [-0.2, -0.15) is 0 Å². The molecule has 0 amide bonds. The summed E-state index contributed by atoms with van der Waals surface area (Å²) >= 11 is 2.34. The molecule has 48 valence electrons. The van der Waals surface area contributed by atoms with Gasteiger partial charge in [0.05, 0.1) is 0 Å². The second-order valence-corrected chi connectivity index (χ2v) is 4.19. The Morgan fingerprint density at radius 2 is 2.50 bits per heavy atom. The molecule has 0 aliphatic carbocycles. The topological polar surface area (TPSA) is 3.24 Å². The maximum absolute atomic E-state index is 2.41. The minimum absolute atomic E-state index is 0.928. The van der Waals surface area contributed by atoms with E-state index in [1.807, 2.05) is 9.12 Å². The van der Waals surface area contributed by atoms with E-state index in [0.717, 1.165) is 5.92 Å². The van der Waals surface area contributed by atoms with Gasteiger partial charge in [-0.15, -0.1) is 0 Å². The third kappa shape index (κ3) is 1.77. The summed E-state index contributed by atoms with van der Waals surface area (Å²) in [5, 5.41) is 0. The monoisotopic (exact) mass is 243 g/mol. The van der Waals surface area contributed by atoms with E-state index in [9.17, 15) is 0 Å². The maximum Gasteiger partial charge on any atom is 0.0146 e. The fraction of sp³-hybridized carbons (Fsp3) is 1.00. The zero-order chi connectivity index (χ0) is 5.98. The van der Waals surface area contributed by atoms with Crippen LogP contribution in [0.5, 0.6) is 0 Å². The van der Waals surface area contributed by atoms with Crippen molar-refractivity contribution in [3.8, 4) is 0 Å². The number of hydrogen-bond acceptors (Lipinski definition) is 2. The minimum atomic E-state index is 0.928. The number of hydrogen-bond donors (Lipinski definition) is 0. The molecule has 8 heavy (non-hydrogen) atoms. The predicted octanol–water partition coefficient (Wildman–Crippen LogP) is 2.33. The largest absolute Gasteiger partial charge is 0.241 e. The van der Waals surface area contributed by atoms with Gasteiger partial charge in [-0.25, -0.2) is 4.31 Å². The van der Waals surface area contributed by atoms with Crippen molar-refractivity contribution in [2.45, 2.75) is 13.3 Å². The molecule has 1 atom stereocenters. The summed E-state index contributed by atoms with van der Waals surface area (Å²) in [6, 6.07) is 0. The smallest absolute Gasteiger partial charge is 0.0146 e. The molecule has 0 N–H and O–H groups in total. The molecule has 1 nitrogen and oxygen atoms in total. The van der Waals surface area contributed by atoms with E-state index in [2.05, 4.69) is 32.4 Å². The first kappa shape index (κ1) is 7.15. The minimum Gasteiger partial charge on any atom is -0.241 e.